The largest absolute Gasteiger partial charge is 0.323 e. The number of rotatable bonds is 6. The van der Waals surface area contributed by atoms with Crippen molar-refractivity contribution >= 4 is 32.4 Å². The van der Waals surface area contributed by atoms with E-state index in [-0.39, 0.29) is 4.90 Å². The van der Waals surface area contributed by atoms with Crippen molar-refractivity contribution in [3.8, 4) is 0 Å². The second kappa shape index (κ2) is 6.29. The zero-order valence-corrected chi connectivity index (χ0v) is 13.9. The summed E-state index contributed by atoms with van der Waals surface area (Å²) in [6, 6.07) is 6.95. The van der Waals surface area contributed by atoms with Gasteiger partial charge in [-0.3, -0.25) is 4.79 Å². The van der Waals surface area contributed by atoms with E-state index in [0.29, 0.717) is 28.6 Å². The number of fused-ring (bicyclic) bond motifs is 3. The normalized spacial score (nSPS) is 16.9. The lowest BCUT2D eigenvalue weighted by atomic mass is 10.0. The van der Waals surface area contributed by atoms with E-state index >= 15 is 0 Å². The first-order valence-corrected chi connectivity index (χ1v) is 9.16. The number of amides is 1. The average molecular weight is 347 g/mol. The first-order valence-electron chi connectivity index (χ1n) is 7.68. The summed E-state index contributed by atoms with van der Waals surface area (Å²) in [4.78, 5) is 22.8. The lowest BCUT2D eigenvalue weighted by Crippen LogP contribution is -2.24. The zero-order chi connectivity index (χ0) is 17.3. The maximum atomic E-state index is 12.5. The van der Waals surface area contributed by atoms with Gasteiger partial charge in [0.05, 0.1) is 10.6 Å². The molecule has 0 aromatic heterocycles. The smallest absolute Gasteiger partial charge is 0.257 e. The summed E-state index contributed by atoms with van der Waals surface area (Å²) < 4.78 is 27.7. The molecule has 7 nitrogen and oxygen atoms in total. The molecule has 0 bridgehead atoms. The van der Waals surface area contributed by atoms with Gasteiger partial charge in [-0.15, -0.1) is 4.91 Å². The summed E-state index contributed by atoms with van der Waals surface area (Å²) in [6.45, 7) is 2.35. The molecule has 2 aromatic rings. The number of nitrogens with one attached hydrogen (secondary N) is 2. The Morgan fingerprint density at radius 1 is 1.21 bits per heavy atom. The van der Waals surface area contributed by atoms with E-state index in [9.17, 15) is 18.1 Å². The van der Waals surface area contributed by atoms with Gasteiger partial charge in [-0.25, -0.2) is 13.1 Å². The van der Waals surface area contributed by atoms with E-state index in [0.717, 1.165) is 12.8 Å². The number of sulfonamides is 1. The van der Waals surface area contributed by atoms with E-state index in [2.05, 4.69) is 15.2 Å². The highest BCUT2D eigenvalue weighted by Gasteiger charge is 2.33. The first kappa shape index (κ1) is 16.5. The van der Waals surface area contributed by atoms with Crippen molar-refractivity contribution in [2.75, 3.05) is 11.9 Å². The maximum Gasteiger partial charge on any atom is 0.257 e. The van der Waals surface area contributed by atoms with E-state index in [1.807, 2.05) is 6.92 Å². The van der Waals surface area contributed by atoms with Gasteiger partial charge >= 0.3 is 0 Å². The first-order chi connectivity index (χ1) is 11.5. The number of hydrogen-bond acceptors (Lipinski definition) is 5. The Morgan fingerprint density at radius 2 is 2.00 bits per heavy atom. The van der Waals surface area contributed by atoms with E-state index in [1.165, 1.54) is 6.07 Å². The molecule has 0 spiro atoms. The van der Waals surface area contributed by atoms with Crippen molar-refractivity contribution in [3.63, 3.8) is 0 Å². The Kier molecular flexibility index (Phi) is 4.33. The Morgan fingerprint density at radius 3 is 2.71 bits per heavy atom. The fourth-order valence-electron chi connectivity index (χ4n) is 2.85. The summed E-state index contributed by atoms with van der Waals surface area (Å²) in [5.41, 5.74) is 0.920. The molecule has 2 N–H and O–H groups in total. The molecule has 1 unspecified atom stereocenters. The highest BCUT2D eigenvalue weighted by molar-refractivity contribution is 7.89. The lowest BCUT2D eigenvalue weighted by Gasteiger charge is -2.11. The van der Waals surface area contributed by atoms with Crippen molar-refractivity contribution in [2.24, 2.45) is 5.18 Å². The number of benzene rings is 2. The van der Waals surface area contributed by atoms with E-state index in [1.54, 1.807) is 24.3 Å². The van der Waals surface area contributed by atoms with Crippen LogP contribution in [-0.2, 0) is 14.8 Å². The molecular formula is C16H17N3O4S. The molecule has 1 amide bonds. The molecule has 0 aliphatic carbocycles. The summed E-state index contributed by atoms with van der Waals surface area (Å²) in [5, 5.41) is 6.54. The molecule has 1 heterocycles. The Bertz CT molecular complexity index is 924. The molecule has 24 heavy (non-hydrogen) atoms. The van der Waals surface area contributed by atoms with Crippen LogP contribution >= 0.6 is 0 Å². The molecule has 1 aliphatic heterocycles. The molecule has 1 aliphatic rings. The van der Waals surface area contributed by atoms with Gasteiger partial charge in [-0.05, 0) is 12.5 Å². The topological polar surface area (TPSA) is 105 Å². The van der Waals surface area contributed by atoms with Crippen molar-refractivity contribution in [1.82, 2.24) is 4.72 Å². The number of unbranched alkanes of at least 4 members (excludes halogenated alkanes) is 1. The molecule has 0 fully saturated rings. The zero-order valence-electron chi connectivity index (χ0n) is 13.1. The van der Waals surface area contributed by atoms with Crippen molar-refractivity contribution < 1.29 is 13.2 Å². The molecular weight excluding hydrogens is 330 g/mol. The molecule has 2 aromatic carbocycles. The van der Waals surface area contributed by atoms with Gasteiger partial charge in [0.1, 0.15) is 0 Å². The molecule has 126 valence electrons. The SMILES string of the molecule is CCCCNS(=O)(=O)c1cccc2c3c(ccc12)C(N=O)C(=O)N3. The minimum atomic E-state index is -3.66. The summed E-state index contributed by atoms with van der Waals surface area (Å²) in [6.07, 6.45) is 1.64. The number of anilines is 1. The number of nitroso groups, excluding NO2 is 1. The molecule has 0 saturated heterocycles. The van der Waals surface area contributed by atoms with E-state index < -0.39 is 22.0 Å². The van der Waals surface area contributed by atoms with E-state index in [4.69, 9.17) is 0 Å². The Balaban J connectivity index is 2.12. The highest BCUT2D eigenvalue weighted by Crippen LogP contribution is 2.40. The third-order valence-corrected chi connectivity index (χ3v) is 5.58. The van der Waals surface area contributed by atoms with Crippen LogP contribution in [0.2, 0.25) is 0 Å². The number of carbonyl (C=O) groups excluding carboxylic acids is 1. The Hall–Kier alpha value is -2.32. The standard InChI is InChI=1S/C16H17N3O4S/c1-2-3-9-17-24(22,23)13-6-4-5-11-10(13)7-8-12-14(11)18-16(20)15(12)19-21/h4-8,15,17H,2-3,9H2,1H3,(H,18,20). The highest BCUT2D eigenvalue weighted by atomic mass is 32.2. The van der Waals surface area contributed by atoms with Gasteiger partial charge in [0, 0.05) is 22.9 Å². The van der Waals surface area contributed by atoms with Crippen LogP contribution < -0.4 is 10.0 Å². The van der Waals surface area contributed by atoms with Crippen LogP contribution in [0.4, 0.5) is 5.69 Å². The number of carbonyl (C=O) groups is 1. The molecule has 3 rings (SSSR count). The van der Waals surface area contributed by atoms with Gasteiger partial charge in [0.25, 0.3) is 5.91 Å². The quantitative estimate of drug-likeness (QED) is 0.619. The van der Waals surface area contributed by atoms with Crippen LogP contribution in [-0.4, -0.2) is 20.9 Å². The molecule has 0 saturated carbocycles. The number of nitrogens with zero attached hydrogens (tertiary/aromatic N) is 1. The predicted molar refractivity (Wildman–Crippen MR) is 91.2 cm³/mol. The van der Waals surface area contributed by atoms with Gasteiger partial charge in [0.15, 0.2) is 6.04 Å². The van der Waals surface area contributed by atoms with Crippen LogP contribution in [0.5, 0.6) is 0 Å². The third kappa shape index (κ3) is 2.67. The van der Waals surface area contributed by atoms with Crippen molar-refractivity contribution in [1.29, 1.82) is 0 Å². The summed E-state index contributed by atoms with van der Waals surface area (Å²) >= 11 is 0. The van der Waals surface area contributed by atoms with Gasteiger partial charge in [0.2, 0.25) is 10.0 Å². The molecule has 1 atom stereocenters. The fourth-order valence-corrected chi connectivity index (χ4v) is 4.14. The van der Waals surface area contributed by atoms with Crippen molar-refractivity contribution in [2.45, 2.75) is 30.7 Å². The van der Waals surface area contributed by atoms with Crippen LogP contribution in [0.15, 0.2) is 40.4 Å². The maximum absolute atomic E-state index is 12.5. The minimum absolute atomic E-state index is 0.149. The third-order valence-electron chi connectivity index (χ3n) is 4.06. The van der Waals surface area contributed by atoms with Crippen molar-refractivity contribution in [3.05, 3.63) is 40.8 Å². The summed E-state index contributed by atoms with van der Waals surface area (Å²) in [5.74, 6) is -0.498. The average Bonchev–Trinajstić information content (AvgIpc) is 2.89. The van der Waals surface area contributed by atoms with Gasteiger partial charge in [-0.2, -0.15) is 0 Å². The van der Waals surface area contributed by atoms with Gasteiger partial charge in [-0.1, -0.05) is 42.8 Å². The monoisotopic (exact) mass is 347 g/mol. The number of hydrogen-bond donors (Lipinski definition) is 2. The fraction of sp³-hybridized carbons (Fsp3) is 0.312. The Labute approximate surface area is 139 Å². The van der Waals surface area contributed by atoms with Crippen LogP contribution in [0, 0.1) is 4.91 Å². The second-order valence-corrected chi connectivity index (χ2v) is 7.36. The molecule has 0 radical (unpaired) electrons. The minimum Gasteiger partial charge on any atom is -0.323 e. The summed E-state index contributed by atoms with van der Waals surface area (Å²) in [7, 11) is -3.66. The second-order valence-electron chi connectivity index (χ2n) is 5.63. The predicted octanol–water partition coefficient (Wildman–Crippen LogP) is 2.68. The molecule has 8 heteroatoms. The van der Waals surface area contributed by atoms with Crippen LogP contribution in [0.25, 0.3) is 10.8 Å². The van der Waals surface area contributed by atoms with Crippen LogP contribution in [0.1, 0.15) is 31.4 Å². The lowest BCUT2D eigenvalue weighted by molar-refractivity contribution is -0.116. The van der Waals surface area contributed by atoms with Crippen LogP contribution in [0.3, 0.4) is 0 Å². The van der Waals surface area contributed by atoms with Gasteiger partial charge < -0.3 is 5.32 Å².